The summed E-state index contributed by atoms with van der Waals surface area (Å²) in [6.45, 7) is 5.37. The van der Waals surface area contributed by atoms with E-state index >= 15 is 0 Å². The summed E-state index contributed by atoms with van der Waals surface area (Å²) in [6.07, 6.45) is 1.39. The topological polar surface area (TPSA) is 68.2 Å². The molecule has 0 radical (unpaired) electrons. The van der Waals surface area contributed by atoms with Crippen LogP contribution in [0.5, 0.6) is 11.5 Å². The highest BCUT2D eigenvalue weighted by molar-refractivity contribution is 5.72. The highest BCUT2D eigenvalue weighted by Gasteiger charge is 2.19. The molecule has 2 aromatic rings. The van der Waals surface area contributed by atoms with Crippen molar-refractivity contribution in [1.29, 1.82) is 0 Å². The summed E-state index contributed by atoms with van der Waals surface area (Å²) >= 11 is 0. The van der Waals surface area contributed by atoms with Crippen LogP contribution < -0.4 is 14.4 Å². The Morgan fingerprint density at radius 1 is 1.17 bits per heavy atom. The zero-order valence-corrected chi connectivity index (χ0v) is 16.9. The summed E-state index contributed by atoms with van der Waals surface area (Å²) in [4.78, 5) is 13.6. The van der Waals surface area contributed by atoms with Crippen LogP contribution in [0.4, 0.5) is 5.69 Å². The second-order valence-electron chi connectivity index (χ2n) is 7.05. The first-order chi connectivity index (χ1) is 14.2. The second kappa shape index (κ2) is 10.7. The van der Waals surface area contributed by atoms with Crippen molar-refractivity contribution in [2.24, 2.45) is 0 Å². The number of anilines is 1. The van der Waals surface area contributed by atoms with Crippen LogP contribution in [0.15, 0.2) is 48.5 Å². The number of ether oxygens (including phenoxy) is 3. The van der Waals surface area contributed by atoms with E-state index in [9.17, 15) is 9.90 Å². The summed E-state index contributed by atoms with van der Waals surface area (Å²) in [6, 6.07) is 15.6. The number of nitrogens with zero attached hydrogens (tertiary/aromatic N) is 1. The molecule has 0 aromatic heterocycles. The molecule has 0 bridgehead atoms. The quantitative estimate of drug-likeness (QED) is 0.580. The van der Waals surface area contributed by atoms with Crippen LogP contribution in [-0.4, -0.2) is 50.1 Å². The van der Waals surface area contributed by atoms with Crippen LogP contribution in [-0.2, 0) is 16.0 Å². The number of fused-ring (bicyclic) bond motifs is 1. The maximum absolute atomic E-state index is 11.4. The van der Waals surface area contributed by atoms with Gasteiger partial charge < -0.3 is 24.2 Å². The number of carbonyl (C=O) groups is 1. The van der Waals surface area contributed by atoms with Crippen LogP contribution >= 0.6 is 0 Å². The smallest absolute Gasteiger partial charge is 0.333 e. The third-order valence-electron chi connectivity index (χ3n) is 4.89. The molecule has 1 unspecified atom stereocenters. The van der Waals surface area contributed by atoms with Gasteiger partial charge in [-0.25, -0.2) is 4.79 Å². The number of carboxylic acid groups (broad SMARTS) is 1. The zero-order chi connectivity index (χ0) is 20.5. The molecule has 6 heteroatoms. The maximum atomic E-state index is 11.4. The summed E-state index contributed by atoms with van der Waals surface area (Å²) < 4.78 is 17.0. The minimum atomic E-state index is -0.924. The van der Waals surface area contributed by atoms with E-state index in [2.05, 4.69) is 17.9 Å². The molecule has 1 atom stereocenters. The molecule has 1 aliphatic heterocycles. The Morgan fingerprint density at radius 2 is 1.97 bits per heavy atom. The minimum absolute atomic E-state index is 0.351. The lowest BCUT2D eigenvalue weighted by atomic mass is 10.1. The van der Waals surface area contributed by atoms with E-state index in [1.807, 2.05) is 42.5 Å². The third kappa shape index (κ3) is 6.12. The Bertz CT molecular complexity index is 777. The normalized spacial score (nSPS) is 14.0. The molecule has 0 amide bonds. The first-order valence-electron chi connectivity index (χ1n) is 10.2. The number of hydrogen-bond acceptors (Lipinski definition) is 5. The van der Waals surface area contributed by atoms with Gasteiger partial charge in [-0.3, -0.25) is 0 Å². The van der Waals surface area contributed by atoms with Gasteiger partial charge in [0.1, 0.15) is 24.7 Å². The van der Waals surface area contributed by atoms with E-state index in [1.54, 1.807) is 0 Å². The Labute approximate surface area is 172 Å². The van der Waals surface area contributed by atoms with Crippen LogP contribution in [0.2, 0.25) is 0 Å². The lowest BCUT2D eigenvalue weighted by Gasteiger charge is -2.31. The van der Waals surface area contributed by atoms with Gasteiger partial charge in [0.05, 0.1) is 18.8 Å². The van der Waals surface area contributed by atoms with Crippen molar-refractivity contribution in [3.05, 3.63) is 54.1 Å². The van der Waals surface area contributed by atoms with Crippen molar-refractivity contribution in [2.45, 2.75) is 32.3 Å². The fourth-order valence-electron chi connectivity index (χ4n) is 3.26. The Kier molecular flexibility index (Phi) is 7.76. The predicted molar refractivity (Wildman–Crippen MR) is 112 cm³/mol. The first-order valence-corrected chi connectivity index (χ1v) is 10.2. The molecule has 0 spiro atoms. The molecule has 0 saturated carbocycles. The Morgan fingerprint density at radius 3 is 2.72 bits per heavy atom. The summed E-state index contributed by atoms with van der Waals surface area (Å²) in [5.41, 5.74) is 2.02. The van der Waals surface area contributed by atoms with Gasteiger partial charge in [0.25, 0.3) is 0 Å². The standard InChI is InChI=1S/C23H29NO5/c1-2-3-14-28-22(23(25)26)17-18-8-10-19(11-9-18)27-15-12-24-13-16-29-21-7-5-4-6-20(21)24/h4-11,22H,2-3,12-17H2,1H3,(H,25,26). The van der Waals surface area contributed by atoms with Gasteiger partial charge in [0.15, 0.2) is 6.10 Å². The molecule has 1 aliphatic rings. The van der Waals surface area contributed by atoms with Crippen LogP contribution in [0.3, 0.4) is 0 Å². The highest BCUT2D eigenvalue weighted by Crippen LogP contribution is 2.30. The van der Waals surface area contributed by atoms with E-state index in [1.165, 1.54) is 0 Å². The van der Waals surface area contributed by atoms with Gasteiger partial charge in [-0.15, -0.1) is 0 Å². The van der Waals surface area contributed by atoms with E-state index in [0.717, 1.165) is 48.7 Å². The number of aliphatic carboxylic acids is 1. The molecule has 1 heterocycles. The zero-order valence-electron chi connectivity index (χ0n) is 16.9. The van der Waals surface area contributed by atoms with Crippen molar-refractivity contribution in [3.63, 3.8) is 0 Å². The highest BCUT2D eigenvalue weighted by atomic mass is 16.5. The second-order valence-corrected chi connectivity index (χ2v) is 7.05. The largest absolute Gasteiger partial charge is 0.492 e. The van der Waals surface area contributed by atoms with Gasteiger partial charge in [-0.2, -0.15) is 0 Å². The molecule has 0 aliphatic carbocycles. The summed E-state index contributed by atoms with van der Waals surface area (Å²) in [5, 5.41) is 9.33. The maximum Gasteiger partial charge on any atom is 0.333 e. The molecular formula is C23H29NO5. The van der Waals surface area contributed by atoms with Gasteiger partial charge in [0.2, 0.25) is 0 Å². The van der Waals surface area contributed by atoms with Crippen molar-refractivity contribution in [2.75, 3.05) is 37.8 Å². The molecule has 1 N–H and O–H groups in total. The SMILES string of the molecule is CCCCOC(Cc1ccc(OCCN2CCOc3ccccc32)cc1)C(=O)O. The van der Waals surface area contributed by atoms with Crippen molar-refractivity contribution >= 4 is 11.7 Å². The Hall–Kier alpha value is -2.73. The number of benzene rings is 2. The van der Waals surface area contributed by atoms with Gasteiger partial charge in [-0.05, 0) is 36.2 Å². The van der Waals surface area contributed by atoms with Gasteiger partial charge in [-0.1, -0.05) is 37.6 Å². The predicted octanol–water partition coefficient (Wildman–Crippen LogP) is 3.78. The Balaban J connectivity index is 1.48. The molecule has 29 heavy (non-hydrogen) atoms. The third-order valence-corrected chi connectivity index (χ3v) is 4.89. The molecular weight excluding hydrogens is 370 g/mol. The number of rotatable bonds is 11. The van der Waals surface area contributed by atoms with E-state index in [4.69, 9.17) is 14.2 Å². The first kappa shape index (κ1) is 21.0. The number of hydrogen-bond donors (Lipinski definition) is 1. The van der Waals surface area contributed by atoms with E-state index in [0.29, 0.717) is 26.2 Å². The van der Waals surface area contributed by atoms with Gasteiger partial charge in [0, 0.05) is 13.0 Å². The summed E-state index contributed by atoms with van der Waals surface area (Å²) in [5.74, 6) is 0.763. The lowest BCUT2D eigenvalue weighted by Crippen LogP contribution is -2.35. The number of carboxylic acids is 1. The monoisotopic (exact) mass is 399 g/mol. The minimum Gasteiger partial charge on any atom is -0.492 e. The fourth-order valence-corrected chi connectivity index (χ4v) is 3.26. The average Bonchev–Trinajstić information content (AvgIpc) is 2.74. The van der Waals surface area contributed by atoms with Crippen LogP contribution in [0.25, 0.3) is 0 Å². The molecule has 2 aromatic carbocycles. The summed E-state index contributed by atoms with van der Waals surface area (Å²) in [7, 11) is 0. The van der Waals surface area contributed by atoms with Gasteiger partial charge >= 0.3 is 5.97 Å². The number of para-hydroxylation sites is 2. The molecule has 0 fully saturated rings. The number of unbranched alkanes of at least 4 members (excludes halogenated alkanes) is 1. The lowest BCUT2D eigenvalue weighted by molar-refractivity contribution is -0.150. The van der Waals surface area contributed by atoms with E-state index in [-0.39, 0.29) is 0 Å². The molecule has 156 valence electrons. The van der Waals surface area contributed by atoms with E-state index < -0.39 is 12.1 Å². The molecule has 6 nitrogen and oxygen atoms in total. The average molecular weight is 399 g/mol. The molecule has 0 saturated heterocycles. The fraction of sp³-hybridized carbons (Fsp3) is 0.435. The van der Waals surface area contributed by atoms with Crippen molar-refractivity contribution in [3.8, 4) is 11.5 Å². The van der Waals surface area contributed by atoms with Crippen LogP contribution in [0, 0.1) is 0 Å². The van der Waals surface area contributed by atoms with Crippen LogP contribution in [0.1, 0.15) is 25.3 Å². The van der Waals surface area contributed by atoms with Crippen molar-refractivity contribution in [1.82, 2.24) is 0 Å². The van der Waals surface area contributed by atoms with Crippen molar-refractivity contribution < 1.29 is 24.1 Å². The molecule has 3 rings (SSSR count).